The molecule has 4 aromatic rings. The van der Waals surface area contributed by atoms with E-state index in [1.165, 1.54) is 0 Å². The normalized spacial score (nSPS) is 11.1. The fourth-order valence-corrected chi connectivity index (χ4v) is 3.02. The van der Waals surface area contributed by atoms with Crippen molar-refractivity contribution in [1.82, 2.24) is 14.5 Å². The Hall–Kier alpha value is -3.41. The van der Waals surface area contributed by atoms with Gasteiger partial charge in [-0.15, -0.1) is 0 Å². The molecule has 0 aliphatic heterocycles. The predicted molar refractivity (Wildman–Crippen MR) is 102 cm³/mol. The first-order chi connectivity index (χ1) is 12.7. The molecule has 0 spiro atoms. The zero-order chi connectivity index (χ0) is 17.9. The van der Waals surface area contributed by atoms with E-state index >= 15 is 0 Å². The highest BCUT2D eigenvalue weighted by atomic mass is 16.1. The monoisotopic (exact) mass is 346 g/mol. The minimum absolute atomic E-state index is 0.0716. The van der Waals surface area contributed by atoms with E-state index in [4.69, 9.17) is 0 Å². The van der Waals surface area contributed by atoms with Gasteiger partial charge < -0.3 is 10.3 Å². The Labute approximate surface area is 149 Å². The van der Waals surface area contributed by atoms with E-state index < -0.39 is 0 Å². The number of H-pyrrole nitrogens is 1. The van der Waals surface area contributed by atoms with Gasteiger partial charge in [0.05, 0.1) is 17.2 Å². The zero-order valence-electron chi connectivity index (χ0n) is 14.1. The van der Waals surface area contributed by atoms with Gasteiger partial charge in [0.15, 0.2) is 0 Å². The van der Waals surface area contributed by atoms with Crippen LogP contribution in [0.3, 0.4) is 0 Å². The van der Waals surface area contributed by atoms with Crippen LogP contribution in [0, 0.1) is 0 Å². The van der Waals surface area contributed by atoms with E-state index in [2.05, 4.69) is 15.3 Å². The number of para-hydroxylation sites is 1. The van der Waals surface area contributed by atoms with Crippen LogP contribution in [-0.4, -0.2) is 20.4 Å². The van der Waals surface area contributed by atoms with Crippen molar-refractivity contribution in [3.05, 3.63) is 71.4 Å². The Balaban J connectivity index is 1.37. The van der Waals surface area contributed by atoms with Crippen LogP contribution in [0.15, 0.2) is 65.8 Å². The smallest absolute Gasteiger partial charge is 0.261 e. The molecule has 2 heterocycles. The van der Waals surface area contributed by atoms with Crippen LogP contribution in [0.2, 0.25) is 0 Å². The van der Waals surface area contributed by atoms with Crippen molar-refractivity contribution >= 4 is 33.4 Å². The average Bonchev–Trinajstić information content (AvgIpc) is 3.11. The second-order valence-corrected chi connectivity index (χ2v) is 6.19. The van der Waals surface area contributed by atoms with Gasteiger partial charge in [0.2, 0.25) is 5.91 Å². The number of aryl methyl sites for hydroxylation is 1. The third-order valence-corrected chi connectivity index (χ3v) is 4.37. The number of nitrogens with zero attached hydrogens (tertiary/aromatic N) is 2. The molecule has 1 amide bonds. The van der Waals surface area contributed by atoms with E-state index in [1.807, 2.05) is 48.7 Å². The van der Waals surface area contributed by atoms with Crippen LogP contribution in [0.4, 0.5) is 5.69 Å². The molecule has 26 heavy (non-hydrogen) atoms. The van der Waals surface area contributed by atoms with Crippen molar-refractivity contribution in [2.45, 2.75) is 19.4 Å². The summed E-state index contributed by atoms with van der Waals surface area (Å²) in [5, 5.41) is 4.59. The van der Waals surface area contributed by atoms with Gasteiger partial charge in [0.1, 0.15) is 0 Å². The summed E-state index contributed by atoms with van der Waals surface area (Å²) >= 11 is 0. The summed E-state index contributed by atoms with van der Waals surface area (Å²) in [5.74, 6) is -0.0716. The van der Waals surface area contributed by atoms with Gasteiger partial charge in [-0.2, -0.15) is 0 Å². The lowest BCUT2D eigenvalue weighted by atomic mass is 10.2. The van der Waals surface area contributed by atoms with Crippen LogP contribution in [0.25, 0.3) is 21.8 Å². The maximum absolute atomic E-state index is 12.4. The molecule has 6 heteroatoms. The molecule has 2 aromatic carbocycles. The number of hydrogen-bond donors (Lipinski definition) is 2. The maximum Gasteiger partial charge on any atom is 0.261 e. The van der Waals surface area contributed by atoms with Crippen LogP contribution in [-0.2, 0) is 11.3 Å². The van der Waals surface area contributed by atoms with E-state index in [0.717, 1.165) is 16.6 Å². The summed E-state index contributed by atoms with van der Waals surface area (Å²) in [4.78, 5) is 32.0. The summed E-state index contributed by atoms with van der Waals surface area (Å²) in [5.41, 5.74) is 2.35. The first kappa shape index (κ1) is 16.1. The molecule has 0 bridgehead atoms. The van der Waals surface area contributed by atoms with E-state index in [-0.39, 0.29) is 11.5 Å². The highest BCUT2D eigenvalue weighted by Crippen LogP contribution is 2.17. The molecule has 0 atom stereocenters. The van der Waals surface area contributed by atoms with Crippen molar-refractivity contribution in [2.75, 3.05) is 5.32 Å². The number of aromatic nitrogens is 3. The number of aromatic amines is 1. The third kappa shape index (κ3) is 3.21. The number of anilines is 1. The minimum atomic E-state index is -0.0757. The number of benzene rings is 2. The second-order valence-electron chi connectivity index (χ2n) is 6.19. The van der Waals surface area contributed by atoms with Crippen molar-refractivity contribution in [2.24, 2.45) is 0 Å². The molecule has 0 radical (unpaired) electrons. The third-order valence-electron chi connectivity index (χ3n) is 4.37. The lowest BCUT2D eigenvalue weighted by Gasteiger charge is -2.08. The molecule has 0 unspecified atom stereocenters. The Morgan fingerprint density at radius 1 is 1.15 bits per heavy atom. The molecule has 0 fully saturated rings. The molecule has 6 nitrogen and oxygen atoms in total. The Bertz CT molecular complexity index is 1140. The van der Waals surface area contributed by atoms with Gasteiger partial charge >= 0.3 is 0 Å². The van der Waals surface area contributed by atoms with Gasteiger partial charge in [-0.1, -0.05) is 18.2 Å². The molecular formula is C20H18N4O2. The molecule has 130 valence electrons. The summed E-state index contributed by atoms with van der Waals surface area (Å²) in [7, 11) is 0. The van der Waals surface area contributed by atoms with E-state index in [1.54, 1.807) is 17.0 Å². The number of rotatable bonds is 5. The van der Waals surface area contributed by atoms with Gasteiger partial charge in [0.25, 0.3) is 5.56 Å². The molecule has 2 N–H and O–H groups in total. The summed E-state index contributed by atoms with van der Waals surface area (Å²) < 4.78 is 1.56. The minimum Gasteiger partial charge on any atom is -0.361 e. The van der Waals surface area contributed by atoms with E-state index in [9.17, 15) is 9.59 Å². The lowest BCUT2D eigenvalue weighted by Crippen LogP contribution is -2.21. The topological polar surface area (TPSA) is 79.8 Å². The fourth-order valence-electron chi connectivity index (χ4n) is 3.02. The Morgan fingerprint density at radius 3 is 2.96 bits per heavy atom. The summed E-state index contributed by atoms with van der Waals surface area (Å²) in [6.07, 6.45) is 4.31. The largest absolute Gasteiger partial charge is 0.361 e. The molecule has 0 saturated heterocycles. The number of fused-ring (bicyclic) bond motifs is 2. The van der Waals surface area contributed by atoms with E-state index in [0.29, 0.717) is 30.3 Å². The molecule has 0 aliphatic rings. The van der Waals surface area contributed by atoms with Gasteiger partial charge in [-0.25, -0.2) is 4.98 Å². The summed E-state index contributed by atoms with van der Waals surface area (Å²) in [6, 6.07) is 15.0. The van der Waals surface area contributed by atoms with Crippen molar-refractivity contribution < 1.29 is 4.79 Å². The first-order valence-electron chi connectivity index (χ1n) is 8.52. The van der Waals surface area contributed by atoms with Crippen LogP contribution in [0.1, 0.15) is 12.8 Å². The number of nitrogens with one attached hydrogen (secondary N) is 2. The first-order valence-corrected chi connectivity index (χ1v) is 8.52. The van der Waals surface area contributed by atoms with Crippen LogP contribution < -0.4 is 10.9 Å². The highest BCUT2D eigenvalue weighted by molar-refractivity contribution is 5.93. The van der Waals surface area contributed by atoms with Crippen LogP contribution >= 0.6 is 0 Å². The Kier molecular flexibility index (Phi) is 4.23. The zero-order valence-corrected chi connectivity index (χ0v) is 14.1. The molecular weight excluding hydrogens is 328 g/mol. The Morgan fingerprint density at radius 2 is 2.04 bits per heavy atom. The number of carbonyl (C=O) groups is 1. The SMILES string of the molecule is O=C(CCCn1cnc2ccccc2c1=O)Nc1ccc2cc[nH]c2c1. The number of amides is 1. The molecule has 2 aromatic heterocycles. The van der Waals surface area contributed by atoms with Gasteiger partial charge in [-0.3, -0.25) is 14.2 Å². The number of carbonyl (C=O) groups excluding carboxylic acids is 1. The highest BCUT2D eigenvalue weighted by Gasteiger charge is 2.06. The van der Waals surface area contributed by atoms with Gasteiger partial charge in [-0.05, 0) is 42.1 Å². The quantitative estimate of drug-likeness (QED) is 0.582. The summed E-state index contributed by atoms with van der Waals surface area (Å²) in [6.45, 7) is 0.458. The molecule has 4 rings (SSSR count). The predicted octanol–water partition coefficient (Wildman–Crippen LogP) is 3.30. The van der Waals surface area contributed by atoms with Crippen molar-refractivity contribution in [3.63, 3.8) is 0 Å². The van der Waals surface area contributed by atoms with Crippen molar-refractivity contribution in [3.8, 4) is 0 Å². The molecule has 0 saturated carbocycles. The van der Waals surface area contributed by atoms with Gasteiger partial charge in [0, 0.05) is 30.4 Å². The molecule has 0 aliphatic carbocycles. The average molecular weight is 346 g/mol. The standard InChI is InChI=1S/C20H18N4O2/c25-19(23-15-8-7-14-9-10-21-18(14)12-15)6-3-11-24-13-22-17-5-2-1-4-16(17)20(24)26/h1-2,4-5,7-10,12-13,21H,3,6,11H2,(H,23,25). The van der Waals surface area contributed by atoms with Crippen LogP contribution in [0.5, 0.6) is 0 Å². The van der Waals surface area contributed by atoms with Crippen molar-refractivity contribution in [1.29, 1.82) is 0 Å². The maximum atomic E-state index is 12.4. The number of hydrogen-bond acceptors (Lipinski definition) is 3. The second kappa shape index (κ2) is 6.84. The lowest BCUT2D eigenvalue weighted by molar-refractivity contribution is -0.116. The fraction of sp³-hybridized carbons (Fsp3) is 0.150.